The Hall–Kier alpha value is -0.770. The van der Waals surface area contributed by atoms with Crippen molar-refractivity contribution < 1.29 is 0 Å². The Morgan fingerprint density at radius 3 is 2.24 bits per heavy atom. The monoisotopic (exact) mass is 236 g/mol. The van der Waals surface area contributed by atoms with E-state index in [1.54, 1.807) is 0 Å². The smallest absolute Gasteiger partial charge is 0.208 e. The van der Waals surface area contributed by atoms with Crippen LogP contribution in [-0.2, 0) is 0 Å². The van der Waals surface area contributed by atoms with E-state index in [4.69, 9.17) is 10.8 Å². The second-order valence-corrected chi connectivity index (χ2v) is 5.89. The van der Waals surface area contributed by atoms with E-state index < -0.39 is 0 Å². The molecule has 1 saturated heterocycles. The van der Waals surface area contributed by atoms with Gasteiger partial charge in [0.05, 0.1) is 6.04 Å². The maximum Gasteiger partial charge on any atom is 0.208 e. The number of hydrogen-bond donors (Lipinski definition) is 2. The van der Waals surface area contributed by atoms with Crippen LogP contribution in [0.3, 0.4) is 0 Å². The molecule has 3 N–H and O–H groups in total. The van der Waals surface area contributed by atoms with Gasteiger partial charge in [0.1, 0.15) is 0 Å². The first-order valence-corrected chi connectivity index (χ1v) is 7.16. The van der Waals surface area contributed by atoms with Crippen molar-refractivity contribution in [2.75, 3.05) is 13.1 Å². The van der Waals surface area contributed by atoms with E-state index >= 15 is 0 Å². The molecule has 0 spiro atoms. The van der Waals surface area contributed by atoms with Crippen molar-refractivity contribution >= 4 is 5.96 Å². The first kappa shape index (κ1) is 11.3. The number of fused-ring (bicyclic) bond motifs is 1. The molecule has 3 fully saturated rings. The van der Waals surface area contributed by atoms with E-state index in [0.717, 1.165) is 17.8 Å². The van der Waals surface area contributed by atoms with Crippen LogP contribution in [0.15, 0.2) is 4.99 Å². The van der Waals surface area contributed by atoms with Crippen LogP contribution in [0.5, 0.6) is 0 Å². The minimum Gasteiger partial charge on any atom is -0.341 e. The Labute approximate surface area is 104 Å². The number of rotatable bonds is 1. The first-order chi connectivity index (χ1) is 8.36. The molecule has 0 aromatic heterocycles. The Morgan fingerprint density at radius 1 is 1.00 bits per heavy atom. The highest BCUT2D eigenvalue weighted by molar-refractivity contribution is 5.80. The summed E-state index contributed by atoms with van der Waals surface area (Å²) in [5.41, 5.74) is 2.84. The Bertz CT molecular complexity index is 284. The van der Waals surface area contributed by atoms with Gasteiger partial charge in [-0.3, -0.25) is 5.43 Å². The zero-order valence-corrected chi connectivity index (χ0v) is 10.6. The summed E-state index contributed by atoms with van der Waals surface area (Å²) in [5.74, 6) is 8.41. The third-order valence-electron chi connectivity index (χ3n) is 4.78. The molecular weight excluding hydrogens is 212 g/mol. The average molecular weight is 236 g/mol. The molecule has 1 aliphatic heterocycles. The first-order valence-electron chi connectivity index (χ1n) is 7.16. The van der Waals surface area contributed by atoms with Crippen LogP contribution in [0.1, 0.15) is 44.9 Å². The van der Waals surface area contributed by atoms with Gasteiger partial charge in [-0.25, -0.2) is 10.8 Å². The van der Waals surface area contributed by atoms with Gasteiger partial charge >= 0.3 is 0 Å². The van der Waals surface area contributed by atoms with Crippen molar-refractivity contribution in [2.45, 2.75) is 51.0 Å². The molecule has 3 aliphatic rings. The highest BCUT2D eigenvalue weighted by Gasteiger charge is 2.37. The molecular formula is C13H24N4. The van der Waals surface area contributed by atoms with E-state index in [9.17, 15) is 0 Å². The van der Waals surface area contributed by atoms with Gasteiger partial charge < -0.3 is 4.90 Å². The summed E-state index contributed by atoms with van der Waals surface area (Å²) in [7, 11) is 0. The molecule has 0 radical (unpaired) electrons. The fraction of sp³-hybridized carbons (Fsp3) is 0.923. The predicted octanol–water partition coefficient (Wildman–Crippen LogP) is 1.48. The second-order valence-electron chi connectivity index (χ2n) is 5.89. The minimum atomic E-state index is 0.515. The topological polar surface area (TPSA) is 53.6 Å². The highest BCUT2D eigenvalue weighted by Crippen LogP contribution is 2.37. The van der Waals surface area contributed by atoms with Gasteiger partial charge in [-0.15, -0.1) is 0 Å². The standard InChI is InChI=1S/C13H24N4/c14-16-13(15-12-6-1-2-7-12)17-8-10-4-3-5-11(10)9-17/h10-12H,1-9,14H2,(H,15,16). The van der Waals surface area contributed by atoms with Gasteiger partial charge in [0.2, 0.25) is 5.96 Å². The molecule has 4 nitrogen and oxygen atoms in total. The molecule has 96 valence electrons. The largest absolute Gasteiger partial charge is 0.341 e. The number of hydrazine groups is 1. The zero-order chi connectivity index (χ0) is 11.7. The van der Waals surface area contributed by atoms with Crippen LogP contribution in [0.4, 0.5) is 0 Å². The third-order valence-corrected chi connectivity index (χ3v) is 4.78. The summed E-state index contributed by atoms with van der Waals surface area (Å²) < 4.78 is 0. The molecule has 17 heavy (non-hydrogen) atoms. The van der Waals surface area contributed by atoms with E-state index in [2.05, 4.69) is 10.3 Å². The van der Waals surface area contributed by atoms with Gasteiger partial charge in [0.25, 0.3) is 0 Å². The third kappa shape index (κ3) is 2.28. The van der Waals surface area contributed by atoms with E-state index in [1.807, 2.05) is 0 Å². The molecule has 2 unspecified atom stereocenters. The summed E-state index contributed by atoms with van der Waals surface area (Å²) in [5, 5.41) is 0. The average Bonchev–Trinajstić information content (AvgIpc) is 3.01. The van der Waals surface area contributed by atoms with Gasteiger partial charge in [0.15, 0.2) is 0 Å². The summed E-state index contributed by atoms with van der Waals surface area (Å²) >= 11 is 0. The fourth-order valence-electron chi connectivity index (χ4n) is 3.82. The molecule has 0 aromatic rings. The van der Waals surface area contributed by atoms with Crippen molar-refractivity contribution in [1.82, 2.24) is 10.3 Å². The van der Waals surface area contributed by atoms with E-state index in [1.165, 1.54) is 58.0 Å². The van der Waals surface area contributed by atoms with Gasteiger partial charge in [-0.2, -0.15) is 0 Å². The molecule has 3 rings (SSSR count). The fourth-order valence-corrected chi connectivity index (χ4v) is 3.82. The summed E-state index contributed by atoms with van der Waals surface area (Å²) in [6.45, 7) is 2.33. The minimum absolute atomic E-state index is 0.515. The van der Waals surface area contributed by atoms with Crippen LogP contribution in [0, 0.1) is 11.8 Å². The maximum atomic E-state index is 5.66. The predicted molar refractivity (Wildman–Crippen MR) is 69.4 cm³/mol. The zero-order valence-electron chi connectivity index (χ0n) is 10.6. The van der Waals surface area contributed by atoms with Crippen molar-refractivity contribution in [2.24, 2.45) is 22.7 Å². The highest BCUT2D eigenvalue weighted by atomic mass is 15.4. The lowest BCUT2D eigenvalue weighted by molar-refractivity contribution is 0.442. The molecule has 2 saturated carbocycles. The van der Waals surface area contributed by atoms with E-state index in [-0.39, 0.29) is 0 Å². The molecule has 0 aromatic carbocycles. The Balaban J connectivity index is 1.65. The number of guanidine groups is 1. The number of nitrogens with one attached hydrogen (secondary N) is 1. The number of hydrogen-bond acceptors (Lipinski definition) is 2. The number of nitrogens with zero attached hydrogens (tertiary/aromatic N) is 2. The lowest BCUT2D eigenvalue weighted by Crippen LogP contribution is -2.44. The van der Waals surface area contributed by atoms with Gasteiger partial charge in [-0.1, -0.05) is 19.3 Å². The van der Waals surface area contributed by atoms with Gasteiger partial charge in [-0.05, 0) is 37.5 Å². The molecule has 0 bridgehead atoms. The van der Waals surface area contributed by atoms with Crippen LogP contribution < -0.4 is 11.3 Å². The summed E-state index contributed by atoms with van der Waals surface area (Å²) in [6.07, 6.45) is 9.38. The Kier molecular flexibility index (Phi) is 3.23. The normalized spacial score (nSPS) is 34.4. The molecule has 2 aliphatic carbocycles. The van der Waals surface area contributed by atoms with Crippen LogP contribution in [-0.4, -0.2) is 30.0 Å². The van der Waals surface area contributed by atoms with Crippen LogP contribution in [0.25, 0.3) is 0 Å². The molecule has 0 amide bonds. The lowest BCUT2D eigenvalue weighted by Gasteiger charge is -2.22. The number of nitrogens with two attached hydrogens (primary N) is 1. The quantitative estimate of drug-likeness (QED) is 0.314. The van der Waals surface area contributed by atoms with Crippen molar-refractivity contribution in [3.63, 3.8) is 0 Å². The Morgan fingerprint density at radius 2 is 1.65 bits per heavy atom. The number of aliphatic imine (C=N–C) groups is 1. The summed E-state index contributed by atoms with van der Waals surface area (Å²) in [6, 6.07) is 0.515. The maximum absolute atomic E-state index is 5.66. The molecule has 4 heteroatoms. The second kappa shape index (κ2) is 4.84. The van der Waals surface area contributed by atoms with Crippen molar-refractivity contribution in [1.29, 1.82) is 0 Å². The molecule has 2 atom stereocenters. The number of likely N-dealkylation sites (tertiary alicyclic amines) is 1. The van der Waals surface area contributed by atoms with E-state index in [0.29, 0.717) is 6.04 Å². The van der Waals surface area contributed by atoms with Crippen molar-refractivity contribution in [3.8, 4) is 0 Å². The summed E-state index contributed by atoms with van der Waals surface area (Å²) in [4.78, 5) is 7.19. The lowest BCUT2D eigenvalue weighted by atomic mass is 10.0. The van der Waals surface area contributed by atoms with Crippen LogP contribution in [0.2, 0.25) is 0 Å². The SMILES string of the molecule is NNC(=NC1CCCC1)N1CC2CCCC2C1. The van der Waals surface area contributed by atoms with Crippen LogP contribution >= 0.6 is 0 Å². The van der Waals surface area contributed by atoms with Crippen molar-refractivity contribution in [3.05, 3.63) is 0 Å². The molecule has 1 heterocycles. The van der Waals surface area contributed by atoms with Gasteiger partial charge in [0, 0.05) is 13.1 Å².